The van der Waals surface area contributed by atoms with Gasteiger partial charge < -0.3 is 0 Å². The fourth-order valence-electron chi connectivity index (χ4n) is 3.21. The zero-order valence-corrected chi connectivity index (χ0v) is 13.2. The van der Waals surface area contributed by atoms with Crippen molar-refractivity contribution in [1.82, 2.24) is 19.6 Å². The summed E-state index contributed by atoms with van der Waals surface area (Å²) in [6, 6.07) is 8.62. The normalized spacial score (nSPS) is 17.7. The van der Waals surface area contributed by atoms with Gasteiger partial charge in [0.25, 0.3) is 5.78 Å². The third-order valence-corrected chi connectivity index (χ3v) is 4.60. The molecule has 1 atom stereocenters. The van der Waals surface area contributed by atoms with Gasteiger partial charge in [0.2, 0.25) is 0 Å². The van der Waals surface area contributed by atoms with Gasteiger partial charge in [-0.15, -0.1) is 0 Å². The van der Waals surface area contributed by atoms with E-state index < -0.39 is 0 Å². The second kappa shape index (κ2) is 5.26. The summed E-state index contributed by atoms with van der Waals surface area (Å²) in [6.45, 7) is 4.37. The Bertz CT molecular complexity index is 880. The highest BCUT2D eigenvalue weighted by Crippen LogP contribution is 2.32. The summed E-state index contributed by atoms with van der Waals surface area (Å²) < 4.78 is 1.56. The second-order valence-electron chi connectivity index (χ2n) is 6.46. The number of aromatic nitrogens is 4. The average molecular weight is 306 g/mol. The van der Waals surface area contributed by atoms with Crippen LogP contribution in [0.2, 0.25) is 0 Å². The molecule has 116 valence electrons. The smallest absolute Gasteiger partial charge is 0.252 e. The van der Waals surface area contributed by atoms with E-state index in [-0.39, 0.29) is 11.7 Å². The summed E-state index contributed by atoms with van der Waals surface area (Å²) >= 11 is 0. The molecule has 4 rings (SSSR count). The molecule has 3 aromatic rings. The first-order valence-electron chi connectivity index (χ1n) is 7.94. The summed E-state index contributed by atoms with van der Waals surface area (Å²) in [6.07, 6.45) is 4.51. The molecule has 0 bridgehead atoms. The molecule has 0 spiro atoms. The molecule has 1 aliphatic rings. The Hall–Kier alpha value is -2.56. The molecule has 2 aromatic heterocycles. The van der Waals surface area contributed by atoms with E-state index in [1.165, 1.54) is 17.5 Å². The first kappa shape index (κ1) is 14.1. The monoisotopic (exact) mass is 306 g/mol. The van der Waals surface area contributed by atoms with Crippen LogP contribution in [-0.4, -0.2) is 25.4 Å². The lowest BCUT2D eigenvalue weighted by molar-refractivity contribution is 0.0962. The highest BCUT2D eigenvalue weighted by Gasteiger charge is 2.28. The Morgan fingerprint density at radius 3 is 2.70 bits per heavy atom. The van der Waals surface area contributed by atoms with Crippen molar-refractivity contribution >= 4 is 11.6 Å². The standard InChI is InChI=1S/C18H18N4O/c1-11(2)12-3-5-13(6-4-12)14-7-16-15(17(23)8-14)9-22-18(21-16)19-10-20-22/h3-6,9-11,14H,7-8H2,1-2H3. The average Bonchev–Trinajstić information content (AvgIpc) is 3.00. The Morgan fingerprint density at radius 2 is 1.96 bits per heavy atom. The van der Waals surface area contributed by atoms with Crippen molar-refractivity contribution in [3.8, 4) is 0 Å². The van der Waals surface area contributed by atoms with Gasteiger partial charge in [0, 0.05) is 12.6 Å². The van der Waals surface area contributed by atoms with Gasteiger partial charge in [0.05, 0.1) is 11.3 Å². The van der Waals surface area contributed by atoms with Crippen LogP contribution in [0.3, 0.4) is 0 Å². The van der Waals surface area contributed by atoms with Crippen LogP contribution >= 0.6 is 0 Å². The van der Waals surface area contributed by atoms with Crippen LogP contribution in [0, 0.1) is 0 Å². The number of carbonyl (C=O) groups is 1. The highest BCUT2D eigenvalue weighted by molar-refractivity contribution is 5.98. The van der Waals surface area contributed by atoms with Crippen LogP contribution in [0.4, 0.5) is 0 Å². The van der Waals surface area contributed by atoms with E-state index in [1.807, 2.05) is 0 Å². The van der Waals surface area contributed by atoms with Crippen molar-refractivity contribution in [2.24, 2.45) is 0 Å². The first-order valence-corrected chi connectivity index (χ1v) is 7.94. The predicted molar refractivity (Wildman–Crippen MR) is 86.7 cm³/mol. The Balaban J connectivity index is 1.69. The summed E-state index contributed by atoms with van der Waals surface area (Å²) in [5.74, 6) is 1.39. The van der Waals surface area contributed by atoms with Gasteiger partial charge in [-0.2, -0.15) is 10.1 Å². The van der Waals surface area contributed by atoms with Crippen molar-refractivity contribution in [1.29, 1.82) is 0 Å². The van der Waals surface area contributed by atoms with Gasteiger partial charge in [0.15, 0.2) is 5.78 Å². The lowest BCUT2D eigenvalue weighted by Crippen LogP contribution is -2.21. The molecule has 0 saturated carbocycles. The van der Waals surface area contributed by atoms with Crippen molar-refractivity contribution in [3.63, 3.8) is 0 Å². The number of fused-ring (bicyclic) bond motifs is 2. The number of hydrogen-bond donors (Lipinski definition) is 0. The summed E-state index contributed by atoms with van der Waals surface area (Å²) in [5.41, 5.74) is 4.04. The Morgan fingerprint density at radius 1 is 1.17 bits per heavy atom. The van der Waals surface area contributed by atoms with E-state index in [0.29, 0.717) is 23.7 Å². The van der Waals surface area contributed by atoms with Crippen LogP contribution in [-0.2, 0) is 6.42 Å². The Labute approximate surface area is 134 Å². The number of ketones is 1. The molecule has 0 amide bonds. The predicted octanol–water partition coefficient (Wildman–Crippen LogP) is 3.16. The fraction of sp³-hybridized carbons (Fsp3) is 0.333. The van der Waals surface area contributed by atoms with E-state index in [2.05, 4.69) is 53.2 Å². The maximum Gasteiger partial charge on any atom is 0.252 e. The topological polar surface area (TPSA) is 60.2 Å². The van der Waals surface area contributed by atoms with Gasteiger partial charge in [-0.3, -0.25) is 4.79 Å². The fourth-order valence-corrected chi connectivity index (χ4v) is 3.21. The number of hydrogen-bond acceptors (Lipinski definition) is 4. The van der Waals surface area contributed by atoms with Gasteiger partial charge in [0.1, 0.15) is 6.33 Å². The van der Waals surface area contributed by atoms with Gasteiger partial charge in [-0.25, -0.2) is 9.50 Å². The van der Waals surface area contributed by atoms with E-state index in [0.717, 1.165) is 12.1 Å². The molecule has 5 nitrogen and oxygen atoms in total. The van der Waals surface area contributed by atoms with Crippen LogP contribution in [0.1, 0.15) is 59.3 Å². The molecule has 1 aliphatic carbocycles. The maximum atomic E-state index is 12.5. The molecule has 0 fully saturated rings. The molecule has 1 aromatic carbocycles. The molecule has 0 N–H and O–H groups in total. The molecule has 0 aliphatic heterocycles. The zero-order valence-electron chi connectivity index (χ0n) is 13.2. The van der Waals surface area contributed by atoms with E-state index >= 15 is 0 Å². The van der Waals surface area contributed by atoms with Gasteiger partial charge in [-0.1, -0.05) is 38.1 Å². The minimum atomic E-state index is 0.133. The SMILES string of the molecule is CC(C)c1ccc(C2CC(=O)c3cn4ncnc4nc3C2)cc1. The second-order valence-corrected chi connectivity index (χ2v) is 6.46. The number of carbonyl (C=O) groups excluding carboxylic acids is 1. The minimum Gasteiger partial charge on any atom is -0.294 e. The third-order valence-electron chi connectivity index (χ3n) is 4.60. The zero-order chi connectivity index (χ0) is 16.0. The molecule has 1 unspecified atom stereocenters. The van der Waals surface area contributed by atoms with E-state index in [1.54, 1.807) is 10.7 Å². The lowest BCUT2D eigenvalue weighted by Gasteiger charge is -2.23. The minimum absolute atomic E-state index is 0.133. The van der Waals surface area contributed by atoms with Crippen LogP contribution in [0.25, 0.3) is 5.78 Å². The van der Waals surface area contributed by atoms with Crippen LogP contribution < -0.4 is 0 Å². The summed E-state index contributed by atoms with van der Waals surface area (Å²) in [5, 5.41) is 4.06. The number of Topliss-reactive ketones (excluding diaryl/α,β-unsaturated/α-hetero) is 1. The third kappa shape index (κ3) is 2.42. The van der Waals surface area contributed by atoms with Gasteiger partial charge in [-0.05, 0) is 29.4 Å². The van der Waals surface area contributed by atoms with Crippen molar-refractivity contribution < 1.29 is 4.79 Å². The van der Waals surface area contributed by atoms with Crippen molar-refractivity contribution in [2.45, 2.75) is 38.5 Å². The molecular formula is C18H18N4O. The lowest BCUT2D eigenvalue weighted by atomic mass is 9.81. The number of benzene rings is 1. The van der Waals surface area contributed by atoms with E-state index in [9.17, 15) is 4.79 Å². The van der Waals surface area contributed by atoms with Gasteiger partial charge >= 0.3 is 0 Å². The first-order chi connectivity index (χ1) is 11.1. The number of rotatable bonds is 2. The van der Waals surface area contributed by atoms with Crippen molar-refractivity contribution in [2.75, 3.05) is 0 Å². The van der Waals surface area contributed by atoms with E-state index in [4.69, 9.17) is 0 Å². The van der Waals surface area contributed by atoms with Crippen molar-refractivity contribution in [3.05, 3.63) is 59.2 Å². The molecule has 0 saturated heterocycles. The van der Waals surface area contributed by atoms with Crippen LogP contribution in [0.5, 0.6) is 0 Å². The molecule has 5 heteroatoms. The quantitative estimate of drug-likeness (QED) is 0.729. The molecule has 23 heavy (non-hydrogen) atoms. The summed E-state index contributed by atoms with van der Waals surface area (Å²) in [7, 11) is 0. The molecule has 0 radical (unpaired) electrons. The summed E-state index contributed by atoms with van der Waals surface area (Å²) in [4.78, 5) is 21.1. The Kier molecular flexibility index (Phi) is 3.22. The molecule has 2 heterocycles. The van der Waals surface area contributed by atoms with Crippen LogP contribution in [0.15, 0.2) is 36.8 Å². The molecular weight excluding hydrogens is 288 g/mol. The largest absolute Gasteiger partial charge is 0.294 e. The number of nitrogens with zero attached hydrogens (tertiary/aromatic N) is 4. The highest BCUT2D eigenvalue weighted by atomic mass is 16.1. The maximum absolute atomic E-state index is 12.5.